The number of nitrogens with one attached hydrogen (secondary N) is 2. The molecule has 1 saturated carbocycles. The summed E-state index contributed by atoms with van der Waals surface area (Å²) in [5, 5.41) is 6.53. The number of hydrogen-bond acceptors (Lipinski definition) is 3. The molecule has 0 atom stereocenters. The second kappa shape index (κ2) is 7.26. The second-order valence-corrected chi connectivity index (χ2v) is 6.75. The highest BCUT2D eigenvalue weighted by molar-refractivity contribution is 5.57. The van der Waals surface area contributed by atoms with Crippen LogP contribution in [0, 0.1) is 17.6 Å². The molecule has 0 unspecified atom stereocenters. The van der Waals surface area contributed by atoms with Crippen molar-refractivity contribution in [2.45, 2.75) is 39.2 Å². The minimum atomic E-state index is -0.870. The largest absolute Gasteiger partial charge is 0.340 e. The van der Waals surface area contributed by atoms with Crippen molar-refractivity contribution in [1.82, 2.24) is 10.3 Å². The van der Waals surface area contributed by atoms with E-state index in [1.807, 2.05) is 12.3 Å². The van der Waals surface area contributed by atoms with E-state index in [2.05, 4.69) is 29.5 Å². The Morgan fingerprint density at radius 2 is 1.96 bits per heavy atom. The highest BCUT2D eigenvalue weighted by atomic mass is 19.2. The summed E-state index contributed by atoms with van der Waals surface area (Å²) in [6.07, 6.45) is 4.52. The zero-order chi connectivity index (χ0) is 17.1. The third-order valence-electron chi connectivity index (χ3n) is 4.28. The molecule has 1 aromatic heterocycles. The lowest BCUT2D eigenvalue weighted by atomic mass is 9.99. The second-order valence-electron chi connectivity index (χ2n) is 6.75. The quantitative estimate of drug-likeness (QED) is 0.770. The van der Waals surface area contributed by atoms with Crippen LogP contribution in [0.5, 0.6) is 0 Å². The van der Waals surface area contributed by atoms with Gasteiger partial charge in [0.05, 0.1) is 0 Å². The van der Waals surface area contributed by atoms with E-state index < -0.39 is 11.6 Å². The van der Waals surface area contributed by atoms with E-state index in [0.29, 0.717) is 17.4 Å². The molecular formula is C19H23F2N3. The molecule has 0 amide bonds. The van der Waals surface area contributed by atoms with Gasteiger partial charge in [-0.2, -0.15) is 0 Å². The predicted molar refractivity (Wildman–Crippen MR) is 92.4 cm³/mol. The summed E-state index contributed by atoms with van der Waals surface area (Å²) in [7, 11) is 0. The number of anilines is 2. The Morgan fingerprint density at radius 3 is 2.62 bits per heavy atom. The van der Waals surface area contributed by atoms with Crippen LogP contribution in [0.15, 0.2) is 30.5 Å². The standard InChI is InChI=1S/C19H23F2N3/c1-12(2)16-8-19(24-15-5-6-17(20)18(21)7-15)23-11-14(16)10-22-9-13-3-4-13/h5-8,11-13,22H,3-4,9-10H2,1-2H3,(H,23,24). The number of aromatic nitrogens is 1. The van der Waals surface area contributed by atoms with E-state index in [0.717, 1.165) is 31.1 Å². The van der Waals surface area contributed by atoms with Crippen LogP contribution in [-0.2, 0) is 6.54 Å². The first-order valence-corrected chi connectivity index (χ1v) is 8.44. The summed E-state index contributed by atoms with van der Waals surface area (Å²) in [4.78, 5) is 4.42. The average molecular weight is 331 g/mol. The first kappa shape index (κ1) is 16.8. The summed E-state index contributed by atoms with van der Waals surface area (Å²) in [5.74, 6) is 0.111. The monoisotopic (exact) mass is 331 g/mol. The maximum Gasteiger partial charge on any atom is 0.160 e. The molecule has 0 radical (unpaired) electrons. The van der Waals surface area contributed by atoms with E-state index in [1.165, 1.54) is 30.0 Å². The van der Waals surface area contributed by atoms with Crippen molar-refractivity contribution in [3.63, 3.8) is 0 Å². The minimum Gasteiger partial charge on any atom is -0.340 e. The van der Waals surface area contributed by atoms with Gasteiger partial charge in [0.1, 0.15) is 5.82 Å². The van der Waals surface area contributed by atoms with Crippen LogP contribution in [-0.4, -0.2) is 11.5 Å². The lowest BCUT2D eigenvalue weighted by Gasteiger charge is -2.15. The number of rotatable bonds is 7. The maximum atomic E-state index is 13.3. The molecule has 1 aliphatic rings. The third kappa shape index (κ3) is 4.29. The van der Waals surface area contributed by atoms with Gasteiger partial charge in [-0.25, -0.2) is 13.8 Å². The summed E-state index contributed by atoms with van der Waals surface area (Å²) < 4.78 is 26.3. The van der Waals surface area contributed by atoms with Gasteiger partial charge >= 0.3 is 0 Å². The van der Waals surface area contributed by atoms with Crippen LogP contribution in [0.25, 0.3) is 0 Å². The van der Waals surface area contributed by atoms with Gasteiger partial charge in [-0.3, -0.25) is 0 Å². The Kier molecular flexibility index (Phi) is 5.09. The SMILES string of the molecule is CC(C)c1cc(Nc2ccc(F)c(F)c2)ncc1CNCC1CC1. The number of benzene rings is 1. The van der Waals surface area contributed by atoms with E-state index >= 15 is 0 Å². The van der Waals surface area contributed by atoms with Crippen molar-refractivity contribution < 1.29 is 8.78 Å². The minimum absolute atomic E-state index is 0.358. The molecule has 1 aromatic carbocycles. The van der Waals surface area contributed by atoms with Crippen LogP contribution < -0.4 is 10.6 Å². The van der Waals surface area contributed by atoms with Crippen molar-refractivity contribution >= 4 is 11.5 Å². The highest BCUT2D eigenvalue weighted by Crippen LogP contribution is 2.28. The molecule has 24 heavy (non-hydrogen) atoms. The molecule has 1 heterocycles. The van der Waals surface area contributed by atoms with Crippen LogP contribution >= 0.6 is 0 Å². The zero-order valence-electron chi connectivity index (χ0n) is 14.1. The van der Waals surface area contributed by atoms with Gasteiger partial charge in [0, 0.05) is 24.5 Å². The van der Waals surface area contributed by atoms with Gasteiger partial charge in [0.15, 0.2) is 11.6 Å². The fourth-order valence-corrected chi connectivity index (χ4v) is 2.71. The van der Waals surface area contributed by atoms with E-state index in [1.54, 1.807) is 0 Å². The van der Waals surface area contributed by atoms with Gasteiger partial charge in [-0.15, -0.1) is 0 Å². The van der Waals surface area contributed by atoms with Crippen LogP contribution in [0.4, 0.5) is 20.3 Å². The van der Waals surface area contributed by atoms with Crippen molar-refractivity contribution in [3.05, 3.63) is 53.2 Å². The van der Waals surface area contributed by atoms with E-state index in [-0.39, 0.29) is 0 Å². The Morgan fingerprint density at radius 1 is 1.17 bits per heavy atom. The normalized spacial score (nSPS) is 14.2. The summed E-state index contributed by atoms with van der Waals surface area (Å²) >= 11 is 0. The summed E-state index contributed by atoms with van der Waals surface area (Å²) in [6.45, 7) is 6.15. The zero-order valence-corrected chi connectivity index (χ0v) is 14.1. The van der Waals surface area contributed by atoms with Crippen LogP contribution in [0.1, 0.15) is 43.7 Å². The van der Waals surface area contributed by atoms with Crippen molar-refractivity contribution in [2.24, 2.45) is 5.92 Å². The third-order valence-corrected chi connectivity index (χ3v) is 4.28. The van der Waals surface area contributed by atoms with E-state index in [9.17, 15) is 8.78 Å². The first-order valence-electron chi connectivity index (χ1n) is 8.44. The molecule has 0 spiro atoms. The number of nitrogens with zero attached hydrogens (tertiary/aromatic N) is 1. The molecule has 128 valence electrons. The van der Waals surface area contributed by atoms with Gasteiger partial charge in [-0.1, -0.05) is 13.8 Å². The molecule has 2 N–H and O–H groups in total. The number of hydrogen-bond donors (Lipinski definition) is 2. The van der Waals surface area contributed by atoms with Gasteiger partial charge in [0.25, 0.3) is 0 Å². The Bertz CT molecular complexity index is 712. The molecule has 0 bridgehead atoms. The maximum absolute atomic E-state index is 13.3. The molecule has 1 aliphatic carbocycles. The molecule has 0 saturated heterocycles. The fraction of sp³-hybridized carbons (Fsp3) is 0.421. The van der Waals surface area contributed by atoms with Crippen LogP contribution in [0.3, 0.4) is 0 Å². The highest BCUT2D eigenvalue weighted by Gasteiger charge is 2.20. The van der Waals surface area contributed by atoms with Crippen molar-refractivity contribution in [1.29, 1.82) is 0 Å². The Balaban J connectivity index is 1.73. The number of pyridine rings is 1. The fourth-order valence-electron chi connectivity index (χ4n) is 2.71. The molecule has 2 aromatic rings. The van der Waals surface area contributed by atoms with Gasteiger partial charge < -0.3 is 10.6 Å². The van der Waals surface area contributed by atoms with Crippen molar-refractivity contribution in [2.75, 3.05) is 11.9 Å². The van der Waals surface area contributed by atoms with Crippen molar-refractivity contribution in [3.8, 4) is 0 Å². The van der Waals surface area contributed by atoms with E-state index in [4.69, 9.17) is 0 Å². The Hall–Kier alpha value is -2.01. The predicted octanol–water partition coefficient (Wildman–Crippen LogP) is 4.73. The van der Waals surface area contributed by atoms with Crippen LogP contribution in [0.2, 0.25) is 0 Å². The molecule has 1 fully saturated rings. The topological polar surface area (TPSA) is 37.0 Å². The van der Waals surface area contributed by atoms with Gasteiger partial charge in [0.2, 0.25) is 0 Å². The van der Waals surface area contributed by atoms with Gasteiger partial charge in [-0.05, 0) is 60.5 Å². The molecular weight excluding hydrogens is 308 g/mol. The Labute approximate surface area is 141 Å². The summed E-state index contributed by atoms with van der Waals surface area (Å²) in [5.41, 5.74) is 2.87. The lowest BCUT2D eigenvalue weighted by molar-refractivity contribution is 0.509. The number of halogens is 2. The molecule has 3 rings (SSSR count). The summed E-state index contributed by atoms with van der Waals surface area (Å²) in [6, 6.07) is 5.73. The molecule has 5 heteroatoms. The smallest absolute Gasteiger partial charge is 0.160 e. The molecule has 0 aliphatic heterocycles. The average Bonchev–Trinajstić information content (AvgIpc) is 3.36. The lowest BCUT2D eigenvalue weighted by Crippen LogP contribution is -2.17. The first-order chi connectivity index (χ1) is 11.5. The molecule has 3 nitrogen and oxygen atoms in total.